The quantitative estimate of drug-likeness (QED) is 0.835. The largest absolute Gasteiger partial charge is 0.393 e. The third-order valence-corrected chi connectivity index (χ3v) is 3.11. The molecule has 3 nitrogen and oxygen atoms in total. The lowest BCUT2D eigenvalue weighted by atomic mass is 9.87. The van der Waals surface area contributed by atoms with Gasteiger partial charge in [-0.3, -0.25) is 4.68 Å². The van der Waals surface area contributed by atoms with E-state index in [1.165, 1.54) is 0 Å². The smallest absolute Gasteiger partial charge is 0.0628 e. The molecule has 0 amide bonds. The number of aliphatic hydroxyl groups excluding tert-OH is 1. The van der Waals surface area contributed by atoms with Gasteiger partial charge >= 0.3 is 0 Å². The van der Waals surface area contributed by atoms with Gasteiger partial charge in [0.25, 0.3) is 0 Å². The van der Waals surface area contributed by atoms with Crippen molar-refractivity contribution in [3.63, 3.8) is 0 Å². The summed E-state index contributed by atoms with van der Waals surface area (Å²) in [6.45, 7) is 10.4. The molecular formula is C13H24N2O. The van der Waals surface area contributed by atoms with Crippen molar-refractivity contribution in [3.8, 4) is 0 Å². The molecule has 0 aliphatic rings. The van der Waals surface area contributed by atoms with Crippen LogP contribution in [-0.4, -0.2) is 21.0 Å². The number of aliphatic hydroxyl groups is 1. The van der Waals surface area contributed by atoms with Crippen molar-refractivity contribution in [1.29, 1.82) is 0 Å². The molecule has 0 spiro atoms. The Labute approximate surface area is 98.5 Å². The number of hydrogen-bond acceptors (Lipinski definition) is 2. The number of hydrogen-bond donors (Lipinski definition) is 1. The molecule has 0 radical (unpaired) electrons. The molecule has 1 aromatic rings. The number of aromatic nitrogens is 2. The van der Waals surface area contributed by atoms with Crippen molar-refractivity contribution < 1.29 is 5.11 Å². The first-order valence-corrected chi connectivity index (χ1v) is 6.14. The van der Waals surface area contributed by atoms with Crippen LogP contribution in [0.25, 0.3) is 0 Å². The first-order chi connectivity index (χ1) is 7.41. The van der Waals surface area contributed by atoms with Crippen LogP contribution < -0.4 is 0 Å². The topological polar surface area (TPSA) is 38.0 Å². The fourth-order valence-electron chi connectivity index (χ4n) is 1.98. The molecule has 0 saturated carbocycles. The van der Waals surface area contributed by atoms with Crippen LogP contribution in [0.15, 0.2) is 12.3 Å². The second-order valence-corrected chi connectivity index (χ2v) is 5.23. The molecule has 92 valence electrons. The van der Waals surface area contributed by atoms with Crippen molar-refractivity contribution in [3.05, 3.63) is 18.0 Å². The minimum Gasteiger partial charge on any atom is -0.393 e. The molecule has 0 aliphatic heterocycles. The van der Waals surface area contributed by atoms with Gasteiger partial charge in [0.05, 0.1) is 11.8 Å². The highest BCUT2D eigenvalue weighted by Crippen LogP contribution is 2.20. The van der Waals surface area contributed by atoms with Gasteiger partial charge in [-0.05, 0) is 45.1 Å². The summed E-state index contributed by atoms with van der Waals surface area (Å²) < 4.78 is 1.97. The van der Waals surface area contributed by atoms with Gasteiger partial charge in [-0.2, -0.15) is 5.10 Å². The number of rotatable bonds is 5. The highest BCUT2D eigenvalue weighted by Gasteiger charge is 2.20. The van der Waals surface area contributed by atoms with Crippen LogP contribution in [0.1, 0.15) is 46.4 Å². The Morgan fingerprint density at radius 1 is 1.25 bits per heavy atom. The van der Waals surface area contributed by atoms with Crippen LogP contribution in [-0.2, 0) is 6.42 Å². The van der Waals surface area contributed by atoms with E-state index in [0.717, 1.165) is 12.1 Å². The molecule has 2 atom stereocenters. The zero-order chi connectivity index (χ0) is 12.3. The lowest BCUT2D eigenvalue weighted by Gasteiger charge is -2.22. The lowest BCUT2D eigenvalue weighted by molar-refractivity contribution is 0.0969. The monoisotopic (exact) mass is 224 g/mol. The van der Waals surface area contributed by atoms with Gasteiger partial charge in [0.1, 0.15) is 0 Å². The van der Waals surface area contributed by atoms with E-state index in [-0.39, 0.29) is 12.0 Å². The van der Waals surface area contributed by atoms with E-state index >= 15 is 0 Å². The van der Waals surface area contributed by atoms with E-state index in [4.69, 9.17) is 0 Å². The Morgan fingerprint density at radius 3 is 2.25 bits per heavy atom. The second kappa shape index (κ2) is 5.48. The van der Waals surface area contributed by atoms with Crippen molar-refractivity contribution in [2.24, 2.45) is 11.8 Å². The molecule has 1 aromatic heterocycles. The first-order valence-electron chi connectivity index (χ1n) is 6.14. The van der Waals surface area contributed by atoms with Gasteiger partial charge in [-0.15, -0.1) is 0 Å². The standard InChI is InChI=1S/C13H24N2O/c1-9(2)13(11(5)16)8-12-6-7-15(14-12)10(3)4/h6-7,9-11,13,16H,8H2,1-5H3. The third kappa shape index (κ3) is 3.34. The maximum absolute atomic E-state index is 9.73. The molecule has 0 aliphatic carbocycles. The molecule has 1 heterocycles. The zero-order valence-corrected chi connectivity index (χ0v) is 11.0. The molecule has 0 fully saturated rings. The van der Waals surface area contributed by atoms with Gasteiger partial charge in [-0.1, -0.05) is 13.8 Å². The fourth-order valence-corrected chi connectivity index (χ4v) is 1.98. The molecular weight excluding hydrogens is 200 g/mol. The van der Waals surface area contributed by atoms with Gasteiger partial charge in [0.15, 0.2) is 0 Å². The summed E-state index contributed by atoms with van der Waals surface area (Å²) in [7, 11) is 0. The van der Waals surface area contributed by atoms with Crippen LogP contribution in [0, 0.1) is 11.8 Å². The van der Waals surface area contributed by atoms with E-state index < -0.39 is 0 Å². The van der Waals surface area contributed by atoms with E-state index in [1.54, 1.807) is 0 Å². The third-order valence-electron chi connectivity index (χ3n) is 3.11. The van der Waals surface area contributed by atoms with Crippen molar-refractivity contribution in [2.45, 2.75) is 53.2 Å². The summed E-state index contributed by atoms with van der Waals surface area (Å²) >= 11 is 0. The summed E-state index contributed by atoms with van der Waals surface area (Å²) in [6.07, 6.45) is 2.60. The predicted octanol–water partition coefficient (Wildman–Crippen LogP) is 2.66. The average Bonchev–Trinajstić information content (AvgIpc) is 2.61. The molecule has 3 heteroatoms. The summed E-state index contributed by atoms with van der Waals surface area (Å²) in [4.78, 5) is 0. The van der Waals surface area contributed by atoms with Crippen molar-refractivity contribution in [1.82, 2.24) is 9.78 Å². The molecule has 1 N–H and O–H groups in total. The summed E-state index contributed by atoms with van der Waals surface area (Å²) in [5.74, 6) is 0.764. The molecule has 0 saturated heterocycles. The molecule has 0 bridgehead atoms. The van der Waals surface area contributed by atoms with Crippen LogP contribution in [0.2, 0.25) is 0 Å². The Hall–Kier alpha value is -0.830. The van der Waals surface area contributed by atoms with Gasteiger partial charge in [-0.25, -0.2) is 0 Å². The Balaban J connectivity index is 2.70. The van der Waals surface area contributed by atoms with Crippen molar-refractivity contribution >= 4 is 0 Å². The highest BCUT2D eigenvalue weighted by molar-refractivity contribution is 5.01. The lowest BCUT2D eigenvalue weighted by Crippen LogP contribution is -2.24. The maximum atomic E-state index is 9.73. The van der Waals surface area contributed by atoms with E-state index in [9.17, 15) is 5.11 Å². The van der Waals surface area contributed by atoms with Crippen LogP contribution >= 0.6 is 0 Å². The minimum absolute atomic E-state index is 0.274. The van der Waals surface area contributed by atoms with Gasteiger partial charge in [0.2, 0.25) is 0 Å². The summed E-state index contributed by atoms with van der Waals surface area (Å²) in [5, 5.41) is 14.2. The normalized spacial score (nSPS) is 15.8. The van der Waals surface area contributed by atoms with E-state index in [1.807, 2.05) is 17.8 Å². The SMILES string of the molecule is CC(C)C(Cc1ccn(C(C)C)n1)C(C)O. The van der Waals surface area contributed by atoms with Crippen LogP contribution in [0.5, 0.6) is 0 Å². The first kappa shape index (κ1) is 13.2. The fraction of sp³-hybridized carbons (Fsp3) is 0.769. The predicted molar refractivity (Wildman–Crippen MR) is 66.3 cm³/mol. The Bertz CT molecular complexity index is 307. The van der Waals surface area contributed by atoms with Crippen LogP contribution in [0.3, 0.4) is 0 Å². The van der Waals surface area contributed by atoms with Crippen molar-refractivity contribution in [2.75, 3.05) is 0 Å². The molecule has 1 rings (SSSR count). The minimum atomic E-state index is -0.274. The molecule has 16 heavy (non-hydrogen) atoms. The Morgan fingerprint density at radius 2 is 1.88 bits per heavy atom. The van der Waals surface area contributed by atoms with Crippen LogP contribution in [0.4, 0.5) is 0 Å². The van der Waals surface area contributed by atoms with E-state index in [0.29, 0.717) is 12.0 Å². The second-order valence-electron chi connectivity index (χ2n) is 5.23. The highest BCUT2D eigenvalue weighted by atomic mass is 16.3. The average molecular weight is 224 g/mol. The molecule has 0 aromatic carbocycles. The summed E-state index contributed by atoms with van der Waals surface area (Å²) in [6, 6.07) is 2.45. The van der Waals surface area contributed by atoms with E-state index in [2.05, 4.69) is 38.9 Å². The number of nitrogens with zero attached hydrogens (tertiary/aromatic N) is 2. The maximum Gasteiger partial charge on any atom is 0.0628 e. The van der Waals surface area contributed by atoms with Gasteiger partial charge in [0, 0.05) is 12.2 Å². The van der Waals surface area contributed by atoms with Gasteiger partial charge < -0.3 is 5.11 Å². The summed E-state index contributed by atoms with van der Waals surface area (Å²) in [5.41, 5.74) is 1.08. The Kier molecular flexibility index (Phi) is 4.54. The molecule has 2 unspecified atom stereocenters. The zero-order valence-electron chi connectivity index (χ0n) is 11.0.